The zero-order valence-electron chi connectivity index (χ0n) is 18.7. The van der Waals surface area contributed by atoms with E-state index in [-0.39, 0.29) is 11.6 Å². The number of hydrogen-bond acceptors (Lipinski definition) is 6. The third kappa shape index (κ3) is 4.82. The van der Waals surface area contributed by atoms with Crippen LogP contribution >= 0.6 is 0 Å². The Morgan fingerprint density at radius 3 is 2.39 bits per heavy atom. The molecule has 1 fully saturated rings. The summed E-state index contributed by atoms with van der Waals surface area (Å²) < 4.78 is 6.41. The van der Waals surface area contributed by atoms with Gasteiger partial charge in [0.15, 0.2) is 5.82 Å². The first-order valence-electron chi connectivity index (χ1n) is 10.9. The molecule has 2 heterocycles. The normalized spacial score (nSPS) is 14.7. The summed E-state index contributed by atoms with van der Waals surface area (Å²) in [5.41, 5.74) is 2.40. The number of nitrogens with one attached hydrogen (secondary N) is 1. The minimum atomic E-state index is -0.729. The van der Waals surface area contributed by atoms with Gasteiger partial charge in [0.25, 0.3) is 5.56 Å². The van der Waals surface area contributed by atoms with Crippen LogP contribution in [0.3, 0.4) is 0 Å². The first-order chi connectivity index (χ1) is 16.0. The molecule has 9 heteroatoms. The number of fused-ring (bicyclic) bond motifs is 1. The number of esters is 1. The third-order valence-corrected chi connectivity index (χ3v) is 5.78. The Morgan fingerprint density at radius 2 is 1.70 bits per heavy atom. The van der Waals surface area contributed by atoms with E-state index in [1.807, 2.05) is 59.5 Å². The van der Waals surface area contributed by atoms with Crippen LogP contribution in [0.25, 0.3) is 11.0 Å². The van der Waals surface area contributed by atoms with Crippen molar-refractivity contribution < 1.29 is 14.3 Å². The summed E-state index contributed by atoms with van der Waals surface area (Å²) >= 11 is 0. The number of benzene rings is 2. The molecule has 1 aliphatic rings. The fourth-order valence-corrected chi connectivity index (χ4v) is 3.94. The highest BCUT2D eigenvalue weighted by atomic mass is 16.5. The second-order valence-electron chi connectivity index (χ2n) is 7.97. The number of carbonyl (C=O) groups is 2. The first kappa shape index (κ1) is 22.3. The molecule has 1 atom stereocenters. The number of ether oxygens (including phenoxy) is 1. The highest BCUT2D eigenvalue weighted by molar-refractivity contribution is 5.83. The zero-order chi connectivity index (χ0) is 23.4. The van der Waals surface area contributed by atoms with Gasteiger partial charge in [0.1, 0.15) is 6.04 Å². The van der Waals surface area contributed by atoms with E-state index >= 15 is 0 Å². The minimum Gasteiger partial charge on any atom is -0.467 e. The maximum absolute atomic E-state index is 13.5. The molecule has 1 aromatic heterocycles. The molecular weight excluding hydrogens is 422 g/mol. The molecule has 4 rings (SSSR count). The van der Waals surface area contributed by atoms with Gasteiger partial charge in [-0.1, -0.05) is 42.5 Å². The average molecular weight is 450 g/mol. The van der Waals surface area contributed by atoms with Crippen LogP contribution in [0.2, 0.25) is 0 Å². The van der Waals surface area contributed by atoms with Crippen molar-refractivity contribution in [3.8, 4) is 0 Å². The number of aromatic nitrogens is 2. The molecule has 0 radical (unpaired) electrons. The topological polar surface area (TPSA) is 96.8 Å². The lowest BCUT2D eigenvalue weighted by atomic mass is 10.2. The Bertz CT molecular complexity index is 1200. The van der Waals surface area contributed by atoms with Crippen molar-refractivity contribution in [3.05, 3.63) is 70.5 Å². The Morgan fingerprint density at radius 1 is 1.03 bits per heavy atom. The smallest absolute Gasteiger partial charge is 0.328 e. The van der Waals surface area contributed by atoms with Gasteiger partial charge in [-0.15, -0.1) is 0 Å². The second kappa shape index (κ2) is 9.72. The van der Waals surface area contributed by atoms with Crippen LogP contribution in [-0.4, -0.2) is 65.8 Å². The van der Waals surface area contributed by atoms with Gasteiger partial charge in [0.05, 0.1) is 24.7 Å². The molecule has 0 spiro atoms. The molecule has 0 saturated carbocycles. The number of anilines is 1. The van der Waals surface area contributed by atoms with Crippen LogP contribution in [-0.2, 0) is 16.1 Å². The van der Waals surface area contributed by atoms with Crippen molar-refractivity contribution in [2.24, 2.45) is 0 Å². The summed E-state index contributed by atoms with van der Waals surface area (Å²) in [6.45, 7) is 3.77. The predicted octanol–water partition coefficient (Wildman–Crippen LogP) is 1.84. The Balaban J connectivity index is 1.55. The standard InChI is InChI=1S/C24H27N5O4/c1-17(23(31)33-2)25-24(32)28-14-12-27(13-15-28)21-22(30)29(16-18-8-4-3-5-9-18)20-11-7-6-10-19(20)26-21/h3-11,17H,12-16H2,1-2H3,(H,25,32)/t17-/m1/s1. The van der Waals surface area contributed by atoms with Gasteiger partial charge >= 0.3 is 12.0 Å². The summed E-state index contributed by atoms with van der Waals surface area (Å²) in [7, 11) is 1.28. The number of nitrogens with zero attached hydrogens (tertiary/aromatic N) is 4. The van der Waals surface area contributed by atoms with Crippen molar-refractivity contribution >= 4 is 28.9 Å². The molecule has 1 aliphatic heterocycles. The maximum Gasteiger partial charge on any atom is 0.328 e. The number of methoxy groups -OCH3 is 1. The van der Waals surface area contributed by atoms with E-state index in [0.717, 1.165) is 16.6 Å². The van der Waals surface area contributed by atoms with E-state index in [9.17, 15) is 14.4 Å². The largest absolute Gasteiger partial charge is 0.467 e. The quantitative estimate of drug-likeness (QED) is 0.597. The highest BCUT2D eigenvalue weighted by Gasteiger charge is 2.26. The zero-order valence-corrected chi connectivity index (χ0v) is 18.7. The van der Waals surface area contributed by atoms with Crippen molar-refractivity contribution in [2.45, 2.75) is 19.5 Å². The van der Waals surface area contributed by atoms with Gasteiger partial charge in [-0.05, 0) is 24.6 Å². The molecule has 172 valence electrons. The number of carbonyl (C=O) groups excluding carboxylic acids is 2. The van der Waals surface area contributed by atoms with Crippen LogP contribution in [0, 0.1) is 0 Å². The molecule has 33 heavy (non-hydrogen) atoms. The van der Waals surface area contributed by atoms with E-state index < -0.39 is 12.0 Å². The van der Waals surface area contributed by atoms with Crippen molar-refractivity contribution in [1.82, 2.24) is 19.8 Å². The molecule has 3 aromatic rings. The summed E-state index contributed by atoms with van der Waals surface area (Å²) in [6.07, 6.45) is 0. The van der Waals surface area contributed by atoms with Crippen LogP contribution in [0.15, 0.2) is 59.4 Å². The van der Waals surface area contributed by atoms with Gasteiger partial charge in [-0.2, -0.15) is 0 Å². The lowest BCUT2D eigenvalue weighted by Crippen LogP contribution is -2.55. The van der Waals surface area contributed by atoms with Crippen LogP contribution in [0.4, 0.5) is 10.6 Å². The summed E-state index contributed by atoms with van der Waals surface area (Å²) in [6, 6.07) is 16.4. The second-order valence-corrected chi connectivity index (χ2v) is 7.97. The van der Waals surface area contributed by atoms with E-state index in [1.165, 1.54) is 7.11 Å². The summed E-state index contributed by atoms with van der Waals surface area (Å²) in [4.78, 5) is 45.7. The number of rotatable bonds is 5. The number of hydrogen-bond donors (Lipinski definition) is 1. The monoisotopic (exact) mass is 449 g/mol. The van der Waals surface area contributed by atoms with Crippen molar-refractivity contribution in [3.63, 3.8) is 0 Å². The molecule has 0 aliphatic carbocycles. The van der Waals surface area contributed by atoms with Gasteiger partial charge in [-0.3, -0.25) is 9.36 Å². The first-order valence-corrected chi connectivity index (χ1v) is 10.9. The summed E-state index contributed by atoms with van der Waals surface area (Å²) in [5.74, 6) is -0.117. The van der Waals surface area contributed by atoms with Crippen molar-refractivity contribution in [1.29, 1.82) is 0 Å². The van der Waals surface area contributed by atoms with Gasteiger partial charge in [0.2, 0.25) is 0 Å². The van der Waals surface area contributed by atoms with Crippen LogP contribution < -0.4 is 15.8 Å². The number of piperazine rings is 1. The Kier molecular flexibility index (Phi) is 6.58. The Hall–Kier alpha value is -3.88. The third-order valence-electron chi connectivity index (χ3n) is 5.78. The maximum atomic E-state index is 13.5. The minimum absolute atomic E-state index is 0.158. The number of para-hydroxylation sites is 2. The molecule has 0 unspecified atom stereocenters. The van der Waals surface area contributed by atoms with Gasteiger partial charge in [0, 0.05) is 26.2 Å². The lowest BCUT2D eigenvalue weighted by molar-refractivity contribution is -0.142. The van der Waals surface area contributed by atoms with E-state index in [1.54, 1.807) is 16.4 Å². The number of urea groups is 1. The van der Waals surface area contributed by atoms with Gasteiger partial charge < -0.3 is 19.9 Å². The Labute approximate surface area is 191 Å². The van der Waals surface area contributed by atoms with Crippen LogP contribution in [0.1, 0.15) is 12.5 Å². The lowest BCUT2D eigenvalue weighted by Gasteiger charge is -2.35. The molecule has 9 nitrogen and oxygen atoms in total. The number of amides is 2. The van der Waals surface area contributed by atoms with E-state index in [2.05, 4.69) is 15.0 Å². The summed E-state index contributed by atoms with van der Waals surface area (Å²) in [5, 5.41) is 2.64. The fraction of sp³-hybridized carbons (Fsp3) is 0.333. The van der Waals surface area contributed by atoms with Crippen LogP contribution in [0.5, 0.6) is 0 Å². The van der Waals surface area contributed by atoms with E-state index in [4.69, 9.17) is 0 Å². The van der Waals surface area contributed by atoms with Gasteiger partial charge in [-0.25, -0.2) is 14.6 Å². The fourth-order valence-electron chi connectivity index (χ4n) is 3.94. The molecular formula is C24H27N5O4. The highest BCUT2D eigenvalue weighted by Crippen LogP contribution is 2.17. The van der Waals surface area contributed by atoms with Crippen molar-refractivity contribution in [2.75, 3.05) is 38.2 Å². The molecule has 2 aromatic carbocycles. The van der Waals surface area contributed by atoms with E-state index in [0.29, 0.717) is 38.5 Å². The predicted molar refractivity (Wildman–Crippen MR) is 125 cm³/mol. The molecule has 0 bridgehead atoms. The molecule has 1 N–H and O–H groups in total. The molecule has 2 amide bonds. The SMILES string of the molecule is COC(=O)[C@@H](C)NC(=O)N1CCN(c2nc3ccccc3n(Cc3ccccc3)c2=O)CC1. The molecule has 1 saturated heterocycles. The average Bonchev–Trinajstić information content (AvgIpc) is 2.85.